The van der Waals surface area contributed by atoms with E-state index in [2.05, 4.69) is 5.32 Å². The molecule has 0 aliphatic carbocycles. The molecule has 5 heteroatoms. The molecule has 1 rings (SSSR count). The molecule has 0 amide bonds. The lowest BCUT2D eigenvalue weighted by molar-refractivity contribution is 0.0383. The molecule has 19 heavy (non-hydrogen) atoms. The van der Waals surface area contributed by atoms with Crippen molar-refractivity contribution in [3.63, 3.8) is 0 Å². The number of halogens is 2. The fourth-order valence-corrected chi connectivity index (χ4v) is 1.85. The zero-order chi connectivity index (χ0) is 14.5. The summed E-state index contributed by atoms with van der Waals surface area (Å²) < 4.78 is 37.0. The normalized spacial score (nSPS) is 14.3. The fourth-order valence-electron chi connectivity index (χ4n) is 1.85. The number of methoxy groups -OCH3 is 2. The molecule has 0 saturated carbocycles. The van der Waals surface area contributed by atoms with Crippen molar-refractivity contribution in [3.05, 3.63) is 23.8 Å². The molecule has 1 unspecified atom stereocenters. The molecular weight excluding hydrogens is 252 g/mol. The average Bonchev–Trinajstić information content (AvgIpc) is 2.43. The largest absolute Gasteiger partial charge is 0.493 e. The minimum atomic E-state index is -2.52. The maximum absolute atomic E-state index is 13.4. The van der Waals surface area contributed by atoms with Gasteiger partial charge in [0.2, 0.25) is 0 Å². The van der Waals surface area contributed by atoms with E-state index >= 15 is 0 Å². The van der Waals surface area contributed by atoms with Crippen molar-refractivity contribution in [2.45, 2.75) is 32.2 Å². The third-order valence-corrected chi connectivity index (χ3v) is 3.16. The van der Waals surface area contributed by atoms with Crippen LogP contribution in [0.5, 0.6) is 11.5 Å². The van der Waals surface area contributed by atoms with Crippen LogP contribution < -0.4 is 14.8 Å². The van der Waals surface area contributed by atoms with Crippen molar-refractivity contribution in [1.82, 2.24) is 5.32 Å². The van der Waals surface area contributed by atoms with Crippen LogP contribution in [-0.2, 0) is 5.54 Å². The zero-order valence-electron chi connectivity index (χ0n) is 11.8. The Morgan fingerprint density at radius 2 is 1.84 bits per heavy atom. The summed E-state index contributed by atoms with van der Waals surface area (Å²) in [7, 11) is 3.00. The highest BCUT2D eigenvalue weighted by Gasteiger charge is 2.36. The number of ether oxygens (including phenoxy) is 2. The summed E-state index contributed by atoms with van der Waals surface area (Å²) in [5.41, 5.74) is -0.913. The quantitative estimate of drug-likeness (QED) is 0.827. The van der Waals surface area contributed by atoms with Crippen molar-refractivity contribution in [1.29, 1.82) is 0 Å². The predicted molar refractivity (Wildman–Crippen MR) is 71.2 cm³/mol. The van der Waals surface area contributed by atoms with E-state index in [4.69, 9.17) is 9.47 Å². The molecule has 0 bridgehead atoms. The van der Waals surface area contributed by atoms with Gasteiger partial charge < -0.3 is 14.8 Å². The van der Waals surface area contributed by atoms with Gasteiger partial charge in [0, 0.05) is 0 Å². The molecule has 0 spiro atoms. The first-order valence-electron chi connectivity index (χ1n) is 6.25. The van der Waals surface area contributed by atoms with E-state index in [1.807, 2.05) is 6.92 Å². The minimum Gasteiger partial charge on any atom is -0.493 e. The van der Waals surface area contributed by atoms with Crippen LogP contribution in [0.1, 0.15) is 25.8 Å². The van der Waals surface area contributed by atoms with Crippen LogP contribution in [0.3, 0.4) is 0 Å². The second kappa shape index (κ2) is 6.70. The third kappa shape index (κ3) is 3.35. The topological polar surface area (TPSA) is 30.5 Å². The molecule has 3 nitrogen and oxygen atoms in total. The molecular formula is C14H21F2NO2. The Bertz CT molecular complexity index is 412. The van der Waals surface area contributed by atoms with Crippen molar-refractivity contribution in [2.75, 3.05) is 20.8 Å². The SMILES string of the molecule is CCCNC(C)(c1ccc(OC)c(OC)c1)C(F)F. The van der Waals surface area contributed by atoms with E-state index in [9.17, 15) is 8.78 Å². The fraction of sp³-hybridized carbons (Fsp3) is 0.571. The highest BCUT2D eigenvalue weighted by Crippen LogP contribution is 2.35. The zero-order valence-corrected chi connectivity index (χ0v) is 11.8. The van der Waals surface area contributed by atoms with Gasteiger partial charge in [0.1, 0.15) is 5.54 Å². The van der Waals surface area contributed by atoms with Crippen LogP contribution in [0.4, 0.5) is 8.78 Å². The Morgan fingerprint density at radius 3 is 2.32 bits per heavy atom. The van der Waals surface area contributed by atoms with Crippen LogP contribution in [0, 0.1) is 0 Å². The number of hydrogen-bond acceptors (Lipinski definition) is 3. The lowest BCUT2D eigenvalue weighted by Gasteiger charge is -2.31. The number of rotatable bonds is 7. The van der Waals surface area contributed by atoms with E-state index in [1.54, 1.807) is 18.2 Å². The van der Waals surface area contributed by atoms with Gasteiger partial charge in [0.15, 0.2) is 11.5 Å². The molecule has 1 atom stereocenters. The number of alkyl halides is 2. The van der Waals surface area contributed by atoms with Gasteiger partial charge >= 0.3 is 0 Å². The van der Waals surface area contributed by atoms with Crippen LogP contribution >= 0.6 is 0 Å². The number of nitrogens with one attached hydrogen (secondary N) is 1. The molecule has 0 aromatic heterocycles. The molecule has 0 aliphatic rings. The second-order valence-electron chi connectivity index (χ2n) is 4.50. The molecule has 0 radical (unpaired) electrons. The molecule has 1 aromatic rings. The smallest absolute Gasteiger partial charge is 0.260 e. The summed E-state index contributed by atoms with van der Waals surface area (Å²) in [5.74, 6) is 0.975. The third-order valence-electron chi connectivity index (χ3n) is 3.16. The van der Waals surface area contributed by atoms with Gasteiger partial charge in [-0.15, -0.1) is 0 Å². The van der Waals surface area contributed by atoms with Gasteiger partial charge in [-0.2, -0.15) is 0 Å². The maximum atomic E-state index is 13.4. The van der Waals surface area contributed by atoms with E-state index in [-0.39, 0.29) is 0 Å². The van der Waals surface area contributed by atoms with E-state index in [1.165, 1.54) is 21.1 Å². The highest BCUT2D eigenvalue weighted by atomic mass is 19.3. The lowest BCUT2D eigenvalue weighted by atomic mass is 9.92. The van der Waals surface area contributed by atoms with Crippen LogP contribution in [0.15, 0.2) is 18.2 Å². The Morgan fingerprint density at radius 1 is 1.21 bits per heavy atom. The summed E-state index contributed by atoms with van der Waals surface area (Å²) >= 11 is 0. The van der Waals surface area contributed by atoms with Gasteiger partial charge in [-0.1, -0.05) is 13.0 Å². The monoisotopic (exact) mass is 273 g/mol. The Hall–Kier alpha value is -1.36. The van der Waals surface area contributed by atoms with Crippen LogP contribution in [0.25, 0.3) is 0 Å². The second-order valence-corrected chi connectivity index (χ2v) is 4.50. The van der Waals surface area contributed by atoms with Crippen molar-refractivity contribution in [2.24, 2.45) is 0 Å². The Balaban J connectivity index is 3.16. The molecule has 0 aliphatic heterocycles. The first-order valence-corrected chi connectivity index (χ1v) is 6.25. The summed E-state index contributed by atoms with van der Waals surface area (Å²) in [4.78, 5) is 0. The lowest BCUT2D eigenvalue weighted by Crippen LogP contribution is -2.46. The summed E-state index contributed by atoms with van der Waals surface area (Å²) in [6.07, 6.45) is -1.73. The van der Waals surface area contributed by atoms with E-state index < -0.39 is 12.0 Å². The van der Waals surface area contributed by atoms with E-state index in [0.29, 0.717) is 23.6 Å². The van der Waals surface area contributed by atoms with Gasteiger partial charge in [-0.25, -0.2) is 8.78 Å². The average molecular weight is 273 g/mol. The summed E-state index contributed by atoms with van der Waals surface area (Å²) in [6, 6.07) is 4.87. The first kappa shape index (κ1) is 15.7. The highest BCUT2D eigenvalue weighted by molar-refractivity contribution is 5.45. The molecule has 1 aromatic carbocycles. The number of hydrogen-bond donors (Lipinski definition) is 1. The van der Waals surface area contributed by atoms with Crippen LogP contribution in [-0.4, -0.2) is 27.2 Å². The Kier molecular flexibility index (Phi) is 5.54. The maximum Gasteiger partial charge on any atom is 0.260 e. The van der Waals surface area contributed by atoms with Gasteiger partial charge in [0.25, 0.3) is 6.43 Å². The number of benzene rings is 1. The van der Waals surface area contributed by atoms with Crippen molar-refractivity contribution < 1.29 is 18.3 Å². The summed E-state index contributed by atoms with van der Waals surface area (Å²) in [6.45, 7) is 3.96. The molecule has 108 valence electrons. The molecule has 0 saturated heterocycles. The van der Waals surface area contributed by atoms with E-state index in [0.717, 1.165) is 6.42 Å². The summed E-state index contributed by atoms with van der Waals surface area (Å²) in [5, 5.41) is 2.90. The molecule has 0 heterocycles. The van der Waals surface area contributed by atoms with Crippen LogP contribution in [0.2, 0.25) is 0 Å². The van der Waals surface area contributed by atoms with Crippen molar-refractivity contribution in [3.8, 4) is 11.5 Å². The molecule has 1 N–H and O–H groups in total. The first-order chi connectivity index (χ1) is 8.99. The minimum absolute atomic E-state index is 0.449. The molecule has 0 fully saturated rings. The van der Waals surface area contributed by atoms with Gasteiger partial charge in [-0.05, 0) is 37.6 Å². The standard InChI is InChI=1S/C14H21F2NO2/c1-5-8-17-14(2,13(15)16)10-6-7-11(18-3)12(9-10)19-4/h6-7,9,13,17H,5,8H2,1-4H3. The predicted octanol–water partition coefficient (Wildman–Crippen LogP) is 3.18. The van der Waals surface area contributed by atoms with Gasteiger partial charge in [0.05, 0.1) is 14.2 Å². The van der Waals surface area contributed by atoms with Gasteiger partial charge in [-0.3, -0.25) is 0 Å². The van der Waals surface area contributed by atoms with Crippen molar-refractivity contribution >= 4 is 0 Å². The Labute approximate surface area is 112 Å².